The van der Waals surface area contributed by atoms with Crippen molar-refractivity contribution in [3.63, 3.8) is 0 Å². The van der Waals surface area contributed by atoms with Gasteiger partial charge in [0.25, 0.3) is 0 Å². The van der Waals surface area contributed by atoms with Crippen molar-refractivity contribution in [3.8, 4) is 0 Å². The van der Waals surface area contributed by atoms with Crippen LogP contribution in [0, 0.1) is 6.92 Å². The van der Waals surface area contributed by atoms with Gasteiger partial charge in [0.2, 0.25) is 5.91 Å². The molecule has 2 rings (SSSR count). The van der Waals surface area contributed by atoms with Crippen LogP contribution >= 0.6 is 0 Å². The maximum Gasteiger partial charge on any atom is 0.318 e. The normalized spacial score (nSPS) is 10.4. The van der Waals surface area contributed by atoms with Crippen molar-refractivity contribution in [3.05, 3.63) is 72.2 Å². The Morgan fingerprint density at radius 2 is 1.86 bits per heavy atom. The van der Waals surface area contributed by atoms with Gasteiger partial charge in [-0.3, -0.25) is 4.79 Å². The molecule has 6 heteroatoms. The molecule has 29 heavy (non-hydrogen) atoms. The van der Waals surface area contributed by atoms with Gasteiger partial charge in [-0.25, -0.2) is 4.79 Å². The van der Waals surface area contributed by atoms with Gasteiger partial charge in [-0.05, 0) is 31.0 Å². The van der Waals surface area contributed by atoms with E-state index in [1.807, 2.05) is 49.4 Å². The molecule has 0 aliphatic carbocycles. The van der Waals surface area contributed by atoms with Crippen LogP contribution in [0.25, 0.3) is 0 Å². The topological polar surface area (TPSA) is 65.8 Å². The maximum atomic E-state index is 13.1. The number of amides is 3. The van der Waals surface area contributed by atoms with Crippen LogP contribution in [0.2, 0.25) is 0 Å². The summed E-state index contributed by atoms with van der Waals surface area (Å²) in [6.07, 6.45) is 3.53. The van der Waals surface area contributed by atoms with E-state index in [2.05, 4.69) is 18.8 Å². The van der Waals surface area contributed by atoms with E-state index >= 15 is 0 Å². The number of carbonyl (C=O) groups is 2. The molecule has 156 valence electrons. The van der Waals surface area contributed by atoms with Gasteiger partial charge in [-0.15, -0.1) is 6.58 Å². The molecule has 0 spiro atoms. The number of hydrogen-bond donors (Lipinski definition) is 1. The first-order chi connectivity index (χ1) is 14.0. The Bertz CT molecular complexity index is 786. The van der Waals surface area contributed by atoms with Crippen LogP contribution in [0.3, 0.4) is 0 Å². The van der Waals surface area contributed by atoms with Gasteiger partial charge in [-0.1, -0.05) is 49.8 Å². The zero-order chi connectivity index (χ0) is 21.1. The van der Waals surface area contributed by atoms with E-state index < -0.39 is 0 Å². The standard InChI is InChI=1S/C23H31N3O3/c1-4-6-14-24-23(28)25(15-5-2)18-22(27)26(16-20-10-8-7-9-11-20)17-21-13-12-19(3)29-21/h5,7-13H,2,4,6,14-18H2,1,3H3,(H,24,28). The molecule has 0 atom stereocenters. The number of furan rings is 1. The second kappa shape index (κ2) is 11.7. The van der Waals surface area contributed by atoms with Crippen LogP contribution in [0.5, 0.6) is 0 Å². The highest BCUT2D eigenvalue weighted by Gasteiger charge is 2.21. The fraction of sp³-hybridized carbons (Fsp3) is 0.391. The van der Waals surface area contributed by atoms with E-state index in [0.717, 1.165) is 29.9 Å². The zero-order valence-corrected chi connectivity index (χ0v) is 17.4. The summed E-state index contributed by atoms with van der Waals surface area (Å²) in [5, 5.41) is 2.87. The first kappa shape index (κ1) is 22.3. The molecule has 0 unspecified atom stereocenters. The molecule has 1 N–H and O–H groups in total. The molecule has 0 bridgehead atoms. The van der Waals surface area contributed by atoms with Crippen LogP contribution in [0.15, 0.2) is 59.5 Å². The molecule has 1 aromatic heterocycles. The largest absolute Gasteiger partial charge is 0.464 e. The molecule has 0 fully saturated rings. The zero-order valence-electron chi connectivity index (χ0n) is 17.4. The van der Waals surface area contributed by atoms with Crippen LogP contribution in [0.4, 0.5) is 4.79 Å². The monoisotopic (exact) mass is 397 g/mol. The van der Waals surface area contributed by atoms with Crippen LogP contribution in [-0.2, 0) is 17.9 Å². The van der Waals surface area contributed by atoms with Gasteiger partial charge in [0, 0.05) is 19.6 Å². The summed E-state index contributed by atoms with van der Waals surface area (Å²) in [6, 6.07) is 13.3. The Morgan fingerprint density at radius 1 is 1.10 bits per heavy atom. The van der Waals surface area contributed by atoms with Crippen LogP contribution in [-0.4, -0.2) is 41.4 Å². The fourth-order valence-corrected chi connectivity index (χ4v) is 2.92. The van der Waals surface area contributed by atoms with E-state index in [1.54, 1.807) is 11.0 Å². The molecule has 0 radical (unpaired) electrons. The SMILES string of the molecule is C=CCN(CC(=O)N(Cc1ccccc1)Cc1ccc(C)o1)C(=O)NCCCC. The molecule has 0 aliphatic rings. The summed E-state index contributed by atoms with van der Waals surface area (Å²) in [5.41, 5.74) is 1.02. The molecule has 3 amide bonds. The number of carbonyl (C=O) groups excluding carboxylic acids is 2. The Balaban J connectivity index is 2.10. The average molecular weight is 398 g/mol. The Kier molecular flexibility index (Phi) is 9.02. The highest BCUT2D eigenvalue weighted by atomic mass is 16.3. The van der Waals surface area contributed by atoms with Crippen molar-refractivity contribution in [1.82, 2.24) is 15.1 Å². The smallest absolute Gasteiger partial charge is 0.318 e. The predicted molar refractivity (Wildman–Crippen MR) is 114 cm³/mol. The molecule has 1 aromatic carbocycles. The van der Waals surface area contributed by atoms with E-state index in [4.69, 9.17) is 4.42 Å². The molecule has 6 nitrogen and oxygen atoms in total. The fourth-order valence-electron chi connectivity index (χ4n) is 2.92. The third kappa shape index (κ3) is 7.49. The Hall–Kier alpha value is -3.02. The highest BCUT2D eigenvalue weighted by molar-refractivity contribution is 5.84. The van der Waals surface area contributed by atoms with Gasteiger partial charge in [0.05, 0.1) is 6.54 Å². The molecular weight excluding hydrogens is 366 g/mol. The summed E-state index contributed by atoms with van der Waals surface area (Å²) in [5.74, 6) is 1.38. The third-order valence-electron chi connectivity index (χ3n) is 4.48. The van der Waals surface area contributed by atoms with Crippen molar-refractivity contribution in [2.45, 2.75) is 39.8 Å². The third-order valence-corrected chi connectivity index (χ3v) is 4.48. The number of unbranched alkanes of at least 4 members (excludes halogenated alkanes) is 1. The molecule has 1 heterocycles. The van der Waals surface area contributed by atoms with Crippen molar-refractivity contribution in [1.29, 1.82) is 0 Å². The average Bonchev–Trinajstić information content (AvgIpc) is 3.12. The molecule has 0 aliphatic heterocycles. The summed E-state index contributed by atoms with van der Waals surface area (Å²) in [6.45, 7) is 9.32. The second-order valence-corrected chi connectivity index (χ2v) is 7.00. The number of hydrogen-bond acceptors (Lipinski definition) is 3. The molecule has 0 saturated heterocycles. The first-order valence-corrected chi connectivity index (χ1v) is 10.0. The van der Waals surface area contributed by atoms with E-state index in [1.165, 1.54) is 4.90 Å². The van der Waals surface area contributed by atoms with Crippen LogP contribution < -0.4 is 5.32 Å². The number of rotatable bonds is 11. The van der Waals surface area contributed by atoms with Gasteiger partial charge in [0.15, 0.2) is 0 Å². The highest BCUT2D eigenvalue weighted by Crippen LogP contribution is 2.13. The number of benzene rings is 1. The minimum atomic E-state index is -0.250. The first-order valence-electron chi connectivity index (χ1n) is 10.0. The molecule has 2 aromatic rings. The lowest BCUT2D eigenvalue weighted by Gasteiger charge is -2.27. The lowest BCUT2D eigenvalue weighted by atomic mass is 10.2. The van der Waals surface area contributed by atoms with Gasteiger partial charge in [0.1, 0.15) is 18.1 Å². The summed E-state index contributed by atoms with van der Waals surface area (Å²) in [4.78, 5) is 28.8. The van der Waals surface area contributed by atoms with Crippen molar-refractivity contribution >= 4 is 11.9 Å². The van der Waals surface area contributed by atoms with Crippen molar-refractivity contribution < 1.29 is 14.0 Å². The van der Waals surface area contributed by atoms with E-state index in [0.29, 0.717) is 26.2 Å². The van der Waals surface area contributed by atoms with Gasteiger partial charge in [-0.2, -0.15) is 0 Å². The summed E-state index contributed by atoms with van der Waals surface area (Å²) >= 11 is 0. The van der Waals surface area contributed by atoms with Crippen molar-refractivity contribution in [2.24, 2.45) is 0 Å². The quantitative estimate of drug-likeness (QED) is 0.458. The minimum absolute atomic E-state index is 0.0174. The number of nitrogens with one attached hydrogen (secondary N) is 1. The Morgan fingerprint density at radius 3 is 2.48 bits per heavy atom. The van der Waals surface area contributed by atoms with Gasteiger partial charge < -0.3 is 19.5 Å². The summed E-state index contributed by atoms with van der Waals surface area (Å²) < 4.78 is 5.66. The number of nitrogens with zero attached hydrogens (tertiary/aromatic N) is 2. The molecular formula is C23H31N3O3. The number of urea groups is 1. The lowest BCUT2D eigenvalue weighted by Crippen LogP contribution is -2.46. The van der Waals surface area contributed by atoms with Crippen LogP contribution in [0.1, 0.15) is 36.8 Å². The minimum Gasteiger partial charge on any atom is -0.464 e. The maximum absolute atomic E-state index is 13.1. The van der Waals surface area contributed by atoms with Crippen molar-refractivity contribution in [2.75, 3.05) is 19.6 Å². The second-order valence-electron chi connectivity index (χ2n) is 7.00. The van der Waals surface area contributed by atoms with Gasteiger partial charge >= 0.3 is 6.03 Å². The number of aryl methyl sites for hydroxylation is 1. The lowest BCUT2D eigenvalue weighted by molar-refractivity contribution is -0.133. The Labute approximate surface area is 173 Å². The van der Waals surface area contributed by atoms with E-state index in [-0.39, 0.29) is 18.5 Å². The summed E-state index contributed by atoms with van der Waals surface area (Å²) in [7, 11) is 0. The molecule has 0 saturated carbocycles. The predicted octanol–water partition coefficient (Wildman–Crippen LogP) is 4.11. The van der Waals surface area contributed by atoms with E-state index in [9.17, 15) is 9.59 Å².